The number of amides is 2. The number of hydrogen-bond acceptors (Lipinski definition) is 4. The number of benzene rings is 1. The number of ketones is 1. The number of Topliss-reactive ketones (excluding diaryl/α,β-unsaturated/α-hetero) is 1. The number of para-hydroxylation sites is 1. The van der Waals surface area contributed by atoms with Crippen molar-refractivity contribution >= 4 is 11.8 Å². The second-order valence-electron chi connectivity index (χ2n) is 6.61. The molecule has 0 aliphatic carbocycles. The lowest BCUT2D eigenvalue weighted by Gasteiger charge is -2.43. The average Bonchev–Trinajstić information content (AvgIpc) is 3.14. The molecule has 2 aliphatic heterocycles. The van der Waals surface area contributed by atoms with Gasteiger partial charge in [-0.2, -0.15) is 0 Å². The van der Waals surface area contributed by atoms with Crippen LogP contribution in [-0.4, -0.2) is 35.4 Å². The Balaban J connectivity index is 1.37. The summed E-state index contributed by atoms with van der Waals surface area (Å²) < 4.78 is 11.4. The van der Waals surface area contributed by atoms with Crippen LogP contribution in [0.1, 0.15) is 35.4 Å². The number of urea groups is 1. The number of nitrogens with zero attached hydrogens (tertiary/aromatic N) is 1. The van der Waals surface area contributed by atoms with Gasteiger partial charge in [-0.25, -0.2) is 4.79 Å². The number of carbonyl (C=O) groups excluding carboxylic acids is 2. The number of nitrogens with one attached hydrogen (secondary N) is 1. The van der Waals surface area contributed by atoms with Crippen molar-refractivity contribution in [1.82, 2.24) is 10.2 Å². The molecule has 1 spiro atoms. The molecule has 0 bridgehead atoms. The summed E-state index contributed by atoms with van der Waals surface area (Å²) in [6.07, 6.45) is 3.27. The van der Waals surface area contributed by atoms with Gasteiger partial charge in [0.1, 0.15) is 17.1 Å². The summed E-state index contributed by atoms with van der Waals surface area (Å²) in [5.74, 6) is 1.51. The number of likely N-dealkylation sites (tertiary alicyclic amines) is 1. The summed E-state index contributed by atoms with van der Waals surface area (Å²) in [7, 11) is 0. The van der Waals surface area contributed by atoms with Crippen molar-refractivity contribution in [3.63, 3.8) is 0 Å². The van der Waals surface area contributed by atoms with Crippen LogP contribution in [0.15, 0.2) is 47.1 Å². The van der Waals surface area contributed by atoms with E-state index in [0.29, 0.717) is 50.2 Å². The van der Waals surface area contributed by atoms with Gasteiger partial charge in [-0.15, -0.1) is 0 Å². The normalized spacial score (nSPS) is 18.6. The maximum atomic E-state index is 12.4. The molecule has 1 fully saturated rings. The van der Waals surface area contributed by atoms with Gasteiger partial charge in [-0.05, 0) is 24.3 Å². The quantitative estimate of drug-likeness (QED) is 0.912. The van der Waals surface area contributed by atoms with Crippen LogP contribution in [0.4, 0.5) is 4.79 Å². The molecule has 1 N–H and O–H groups in total. The Labute approximate surface area is 145 Å². The molecule has 1 aromatic heterocycles. The van der Waals surface area contributed by atoms with Gasteiger partial charge in [0.05, 0.1) is 24.8 Å². The Morgan fingerprint density at radius 2 is 1.96 bits per heavy atom. The van der Waals surface area contributed by atoms with E-state index in [0.717, 1.165) is 5.76 Å². The van der Waals surface area contributed by atoms with E-state index in [1.54, 1.807) is 17.2 Å². The molecule has 0 atom stereocenters. The Morgan fingerprint density at radius 1 is 1.16 bits per heavy atom. The van der Waals surface area contributed by atoms with Gasteiger partial charge in [0.2, 0.25) is 0 Å². The Kier molecular flexibility index (Phi) is 3.95. The van der Waals surface area contributed by atoms with Crippen molar-refractivity contribution < 1.29 is 18.7 Å². The van der Waals surface area contributed by atoms with E-state index < -0.39 is 5.60 Å². The van der Waals surface area contributed by atoms with Crippen LogP contribution in [0.3, 0.4) is 0 Å². The van der Waals surface area contributed by atoms with E-state index in [9.17, 15) is 9.59 Å². The van der Waals surface area contributed by atoms with E-state index >= 15 is 0 Å². The first kappa shape index (κ1) is 15.7. The van der Waals surface area contributed by atoms with Crippen molar-refractivity contribution in [3.05, 3.63) is 54.0 Å². The molecule has 6 nitrogen and oxygen atoms in total. The maximum absolute atomic E-state index is 12.4. The molecule has 2 amide bonds. The fourth-order valence-corrected chi connectivity index (χ4v) is 3.53. The molecule has 6 heteroatoms. The summed E-state index contributed by atoms with van der Waals surface area (Å²) in [5, 5.41) is 2.86. The number of hydrogen-bond donors (Lipinski definition) is 1. The number of fused-ring (bicyclic) bond motifs is 1. The average molecular weight is 340 g/mol. The third kappa shape index (κ3) is 3.12. The Hall–Kier alpha value is -2.76. The predicted molar refractivity (Wildman–Crippen MR) is 90.5 cm³/mol. The van der Waals surface area contributed by atoms with E-state index in [1.165, 1.54) is 0 Å². The molecule has 0 radical (unpaired) electrons. The minimum Gasteiger partial charge on any atom is -0.486 e. The minimum atomic E-state index is -0.483. The summed E-state index contributed by atoms with van der Waals surface area (Å²) in [5.41, 5.74) is 0.176. The van der Waals surface area contributed by atoms with Gasteiger partial charge in [0.15, 0.2) is 5.78 Å². The van der Waals surface area contributed by atoms with Crippen molar-refractivity contribution in [2.45, 2.75) is 31.4 Å². The van der Waals surface area contributed by atoms with Crippen molar-refractivity contribution in [2.24, 2.45) is 0 Å². The molecule has 25 heavy (non-hydrogen) atoms. The molecule has 130 valence electrons. The second kappa shape index (κ2) is 6.27. The predicted octanol–water partition coefficient (Wildman–Crippen LogP) is 2.99. The fraction of sp³-hybridized carbons (Fsp3) is 0.368. The highest BCUT2D eigenvalue weighted by Gasteiger charge is 2.43. The maximum Gasteiger partial charge on any atom is 0.317 e. The highest BCUT2D eigenvalue weighted by Crippen LogP contribution is 2.39. The SMILES string of the molecule is O=C1CC2(CCN(C(=O)NCc3ccco3)CC2)Oc2ccccc21. The van der Waals surface area contributed by atoms with E-state index in [4.69, 9.17) is 9.15 Å². The third-order valence-corrected chi connectivity index (χ3v) is 4.95. The molecule has 3 heterocycles. The molecule has 0 unspecified atom stereocenters. The molecule has 1 aromatic carbocycles. The number of ether oxygens (including phenoxy) is 1. The summed E-state index contributed by atoms with van der Waals surface area (Å²) in [6, 6.07) is 10.9. The van der Waals surface area contributed by atoms with Crippen LogP contribution in [0.2, 0.25) is 0 Å². The molecular formula is C19H20N2O4. The highest BCUT2D eigenvalue weighted by molar-refractivity contribution is 6.00. The van der Waals surface area contributed by atoms with Gasteiger partial charge in [-0.3, -0.25) is 4.79 Å². The van der Waals surface area contributed by atoms with Crippen LogP contribution in [0.5, 0.6) is 5.75 Å². The number of furan rings is 1. The van der Waals surface area contributed by atoms with Gasteiger partial charge in [-0.1, -0.05) is 12.1 Å². The van der Waals surface area contributed by atoms with Crippen molar-refractivity contribution in [3.8, 4) is 5.75 Å². The molecule has 2 aromatic rings. The largest absolute Gasteiger partial charge is 0.486 e. The summed E-state index contributed by atoms with van der Waals surface area (Å²) in [4.78, 5) is 26.5. The van der Waals surface area contributed by atoms with Crippen LogP contribution in [0, 0.1) is 0 Å². The van der Waals surface area contributed by atoms with Gasteiger partial charge >= 0.3 is 6.03 Å². The number of rotatable bonds is 2. The van der Waals surface area contributed by atoms with Crippen molar-refractivity contribution in [1.29, 1.82) is 0 Å². The zero-order valence-electron chi connectivity index (χ0n) is 13.9. The topological polar surface area (TPSA) is 71.8 Å². The zero-order valence-corrected chi connectivity index (χ0v) is 13.9. The Morgan fingerprint density at radius 3 is 2.72 bits per heavy atom. The van der Waals surface area contributed by atoms with Gasteiger partial charge in [0.25, 0.3) is 0 Å². The smallest absolute Gasteiger partial charge is 0.317 e. The summed E-state index contributed by atoms with van der Waals surface area (Å²) >= 11 is 0. The van der Waals surface area contributed by atoms with Crippen LogP contribution in [0.25, 0.3) is 0 Å². The van der Waals surface area contributed by atoms with Gasteiger partial charge in [0, 0.05) is 25.9 Å². The standard InChI is InChI=1S/C19H20N2O4/c22-16-12-19(25-17-6-2-1-5-15(16)17)7-9-21(10-8-19)18(23)20-13-14-4-3-11-24-14/h1-6,11H,7-10,12-13H2,(H,20,23). The lowest BCUT2D eigenvalue weighted by atomic mass is 9.82. The summed E-state index contributed by atoms with van der Waals surface area (Å²) in [6.45, 7) is 1.51. The first-order chi connectivity index (χ1) is 12.2. The first-order valence-corrected chi connectivity index (χ1v) is 8.52. The van der Waals surface area contributed by atoms with Crippen LogP contribution < -0.4 is 10.1 Å². The second-order valence-corrected chi connectivity index (χ2v) is 6.61. The molecule has 1 saturated heterocycles. The van der Waals surface area contributed by atoms with Crippen LogP contribution >= 0.6 is 0 Å². The molecule has 0 saturated carbocycles. The Bertz CT molecular complexity index is 776. The van der Waals surface area contributed by atoms with Gasteiger partial charge < -0.3 is 19.4 Å². The molecular weight excluding hydrogens is 320 g/mol. The lowest BCUT2D eigenvalue weighted by molar-refractivity contribution is -0.000732. The minimum absolute atomic E-state index is 0.117. The zero-order chi connectivity index (χ0) is 17.3. The van der Waals surface area contributed by atoms with Crippen molar-refractivity contribution in [2.75, 3.05) is 13.1 Å². The first-order valence-electron chi connectivity index (χ1n) is 8.52. The van der Waals surface area contributed by atoms with E-state index in [2.05, 4.69) is 5.32 Å². The number of piperidine rings is 1. The molecule has 2 aliphatic rings. The highest BCUT2D eigenvalue weighted by atomic mass is 16.5. The fourth-order valence-electron chi connectivity index (χ4n) is 3.53. The van der Waals surface area contributed by atoms with Crippen LogP contribution in [-0.2, 0) is 6.54 Å². The molecule has 4 rings (SSSR count). The lowest BCUT2D eigenvalue weighted by Crippen LogP contribution is -2.53. The third-order valence-electron chi connectivity index (χ3n) is 4.95. The van der Waals surface area contributed by atoms with E-state index in [1.807, 2.05) is 30.3 Å². The number of carbonyl (C=O) groups is 2. The monoisotopic (exact) mass is 340 g/mol. The van der Waals surface area contributed by atoms with E-state index in [-0.39, 0.29) is 11.8 Å².